The molecule has 0 saturated carbocycles. The predicted molar refractivity (Wildman–Crippen MR) is 86.1 cm³/mol. The molecule has 0 aromatic heterocycles. The largest absolute Gasteiger partial charge is 0.321 e. The van der Waals surface area contributed by atoms with Gasteiger partial charge in [0.2, 0.25) is 5.91 Å². The quantitative estimate of drug-likeness (QED) is 0.874. The first-order valence-corrected chi connectivity index (χ1v) is 8.75. The van der Waals surface area contributed by atoms with Crippen LogP contribution in [0, 0.1) is 0 Å². The highest BCUT2D eigenvalue weighted by Gasteiger charge is 2.38. The molecule has 0 bridgehead atoms. The van der Waals surface area contributed by atoms with E-state index in [1.165, 1.54) is 0 Å². The number of carbonyl (C=O) groups is 1. The van der Waals surface area contributed by atoms with E-state index in [1.807, 2.05) is 29.2 Å². The molecular weight excluding hydrogens is 292 g/mol. The second kappa shape index (κ2) is 7.34. The van der Waals surface area contributed by atoms with E-state index in [4.69, 9.17) is 11.6 Å². The Morgan fingerprint density at radius 2 is 2.25 bits per heavy atom. The van der Waals surface area contributed by atoms with E-state index >= 15 is 0 Å². The second-order valence-electron chi connectivity index (χ2n) is 4.99. The van der Waals surface area contributed by atoms with E-state index in [-0.39, 0.29) is 18.1 Å². The summed E-state index contributed by atoms with van der Waals surface area (Å²) in [5.41, 5.74) is 1.06. The maximum Gasteiger partial charge on any atom is 0.241 e. The van der Waals surface area contributed by atoms with Crippen LogP contribution < -0.4 is 5.32 Å². The lowest BCUT2D eigenvalue weighted by Gasteiger charge is -2.24. The summed E-state index contributed by atoms with van der Waals surface area (Å²) < 4.78 is 0. The van der Waals surface area contributed by atoms with Gasteiger partial charge in [-0.25, -0.2) is 0 Å². The highest BCUT2D eigenvalue weighted by molar-refractivity contribution is 7.98. The summed E-state index contributed by atoms with van der Waals surface area (Å²) in [6, 6.07) is 7.69. The molecule has 5 heteroatoms. The number of nitrogens with zero attached hydrogens (tertiary/aromatic N) is 1. The lowest BCUT2D eigenvalue weighted by Crippen LogP contribution is -2.33. The van der Waals surface area contributed by atoms with E-state index in [0.717, 1.165) is 30.7 Å². The van der Waals surface area contributed by atoms with Gasteiger partial charge in [-0.05, 0) is 30.4 Å². The molecule has 1 saturated heterocycles. The van der Waals surface area contributed by atoms with Crippen LogP contribution in [-0.4, -0.2) is 35.4 Å². The van der Waals surface area contributed by atoms with Crippen molar-refractivity contribution in [3.63, 3.8) is 0 Å². The Bertz CT molecular complexity index is 469. The third kappa shape index (κ3) is 3.48. The number of benzene rings is 1. The van der Waals surface area contributed by atoms with Gasteiger partial charge < -0.3 is 4.90 Å². The van der Waals surface area contributed by atoms with Gasteiger partial charge in [0.25, 0.3) is 0 Å². The number of hydrogen-bond donors (Lipinski definition) is 1. The Labute approximate surface area is 130 Å². The molecule has 1 fully saturated rings. The molecule has 0 aliphatic carbocycles. The fourth-order valence-corrected chi connectivity index (χ4v) is 3.13. The summed E-state index contributed by atoms with van der Waals surface area (Å²) in [4.78, 5) is 14.4. The van der Waals surface area contributed by atoms with Crippen LogP contribution in [0.15, 0.2) is 24.3 Å². The molecule has 3 nitrogen and oxygen atoms in total. The van der Waals surface area contributed by atoms with Crippen LogP contribution in [0.4, 0.5) is 0 Å². The molecule has 2 rings (SSSR count). The van der Waals surface area contributed by atoms with E-state index in [0.29, 0.717) is 5.02 Å². The molecule has 1 aromatic carbocycles. The number of halogens is 1. The van der Waals surface area contributed by atoms with Crippen LogP contribution in [0.1, 0.15) is 31.5 Å². The first-order chi connectivity index (χ1) is 9.67. The maximum atomic E-state index is 12.5. The average molecular weight is 313 g/mol. The van der Waals surface area contributed by atoms with Gasteiger partial charge in [-0.3, -0.25) is 10.1 Å². The Balaban J connectivity index is 2.21. The zero-order valence-corrected chi connectivity index (χ0v) is 13.5. The van der Waals surface area contributed by atoms with Crippen molar-refractivity contribution in [2.45, 2.75) is 32.0 Å². The van der Waals surface area contributed by atoms with Crippen molar-refractivity contribution >= 4 is 29.3 Å². The lowest BCUT2D eigenvalue weighted by atomic mass is 10.1. The summed E-state index contributed by atoms with van der Waals surface area (Å²) in [5.74, 6) is 1.16. The number of rotatable bonds is 6. The Hall–Kier alpha value is -0.710. The van der Waals surface area contributed by atoms with Gasteiger partial charge in [0.05, 0.1) is 6.04 Å². The first-order valence-electron chi connectivity index (χ1n) is 6.98. The van der Waals surface area contributed by atoms with E-state index in [1.54, 1.807) is 11.8 Å². The van der Waals surface area contributed by atoms with Crippen molar-refractivity contribution < 1.29 is 4.79 Å². The van der Waals surface area contributed by atoms with Gasteiger partial charge in [0, 0.05) is 17.3 Å². The monoisotopic (exact) mass is 312 g/mol. The van der Waals surface area contributed by atoms with Crippen molar-refractivity contribution in [2.24, 2.45) is 0 Å². The van der Waals surface area contributed by atoms with Crippen molar-refractivity contribution in [3.05, 3.63) is 34.9 Å². The molecular formula is C15H21ClN2OS. The zero-order chi connectivity index (χ0) is 14.5. The highest BCUT2D eigenvalue weighted by Crippen LogP contribution is 2.28. The lowest BCUT2D eigenvalue weighted by molar-refractivity contribution is -0.130. The summed E-state index contributed by atoms with van der Waals surface area (Å²) in [6.07, 6.45) is 3.89. The maximum absolute atomic E-state index is 12.5. The molecule has 1 heterocycles. The molecule has 1 N–H and O–H groups in total. The van der Waals surface area contributed by atoms with Crippen LogP contribution in [0.25, 0.3) is 0 Å². The smallest absolute Gasteiger partial charge is 0.241 e. The van der Waals surface area contributed by atoms with Gasteiger partial charge in [-0.2, -0.15) is 11.8 Å². The third-order valence-electron chi connectivity index (χ3n) is 3.53. The Morgan fingerprint density at radius 1 is 1.45 bits per heavy atom. The third-order valence-corrected chi connectivity index (χ3v) is 4.36. The molecule has 1 aliphatic rings. The van der Waals surface area contributed by atoms with Crippen molar-refractivity contribution in [3.8, 4) is 0 Å². The van der Waals surface area contributed by atoms with E-state index < -0.39 is 0 Å². The average Bonchev–Trinajstić information content (AvgIpc) is 2.74. The summed E-state index contributed by atoms with van der Waals surface area (Å²) >= 11 is 7.83. The number of nitrogens with one attached hydrogen (secondary N) is 1. The molecule has 0 radical (unpaired) electrons. The molecule has 2 unspecified atom stereocenters. The minimum atomic E-state index is -0.0640. The number of amides is 1. The van der Waals surface area contributed by atoms with Crippen LogP contribution in [0.2, 0.25) is 5.02 Å². The Morgan fingerprint density at radius 3 is 2.90 bits per heavy atom. The minimum Gasteiger partial charge on any atom is -0.321 e. The van der Waals surface area contributed by atoms with Crippen molar-refractivity contribution in [2.75, 3.05) is 18.6 Å². The fraction of sp³-hybridized carbons (Fsp3) is 0.533. The number of thioether (sulfide) groups is 1. The van der Waals surface area contributed by atoms with E-state index in [9.17, 15) is 4.79 Å². The van der Waals surface area contributed by atoms with Crippen LogP contribution >= 0.6 is 23.4 Å². The standard InChI is InChI=1S/C15H21ClN2OS/c1-3-5-13-15(19)18(8-9-20-2)14(17-13)11-6-4-7-12(16)10-11/h4,6-7,10,13-14,17H,3,5,8-9H2,1-2H3. The molecule has 110 valence electrons. The van der Waals surface area contributed by atoms with Crippen LogP contribution in [-0.2, 0) is 4.79 Å². The van der Waals surface area contributed by atoms with Crippen LogP contribution in [0.5, 0.6) is 0 Å². The Kier molecular flexibility index (Phi) is 5.75. The molecule has 0 spiro atoms. The van der Waals surface area contributed by atoms with Gasteiger partial charge in [-0.15, -0.1) is 0 Å². The normalized spacial score (nSPS) is 22.6. The molecule has 1 aliphatic heterocycles. The molecule has 2 atom stereocenters. The number of carbonyl (C=O) groups excluding carboxylic acids is 1. The summed E-state index contributed by atoms with van der Waals surface area (Å²) in [5, 5.41) is 4.16. The van der Waals surface area contributed by atoms with Crippen LogP contribution in [0.3, 0.4) is 0 Å². The highest BCUT2D eigenvalue weighted by atomic mass is 35.5. The van der Waals surface area contributed by atoms with Gasteiger partial charge in [-0.1, -0.05) is 37.1 Å². The van der Waals surface area contributed by atoms with Gasteiger partial charge in [0.1, 0.15) is 6.17 Å². The molecule has 20 heavy (non-hydrogen) atoms. The minimum absolute atomic E-state index is 0.0510. The first kappa shape index (κ1) is 15.7. The SMILES string of the molecule is CCCC1NC(c2cccc(Cl)c2)N(CCSC)C1=O. The van der Waals surface area contributed by atoms with Gasteiger partial charge >= 0.3 is 0 Å². The van der Waals surface area contributed by atoms with E-state index in [2.05, 4.69) is 18.5 Å². The van der Waals surface area contributed by atoms with Crippen molar-refractivity contribution in [1.82, 2.24) is 10.2 Å². The zero-order valence-electron chi connectivity index (χ0n) is 11.9. The summed E-state index contributed by atoms with van der Waals surface area (Å²) in [6.45, 7) is 2.87. The topological polar surface area (TPSA) is 32.3 Å². The number of hydrogen-bond acceptors (Lipinski definition) is 3. The second-order valence-corrected chi connectivity index (χ2v) is 6.41. The molecule has 1 amide bonds. The predicted octanol–water partition coefficient (Wildman–Crippen LogP) is 3.30. The van der Waals surface area contributed by atoms with Gasteiger partial charge in [0.15, 0.2) is 0 Å². The van der Waals surface area contributed by atoms with Crippen molar-refractivity contribution in [1.29, 1.82) is 0 Å². The summed E-state index contributed by atoms with van der Waals surface area (Å²) in [7, 11) is 0. The fourth-order valence-electron chi connectivity index (χ4n) is 2.56. The molecule has 1 aromatic rings.